The first-order valence-electron chi connectivity index (χ1n) is 5.71. The van der Waals surface area contributed by atoms with E-state index in [2.05, 4.69) is 10.2 Å². The third-order valence-electron chi connectivity index (χ3n) is 2.15. The number of anilines is 1. The number of primary amides is 1. The van der Waals surface area contributed by atoms with Crippen molar-refractivity contribution in [2.75, 3.05) is 5.32 Å². The summed E-state index contributed by atoms with van der Waals surface area (Å²) < 4.78 is 0. The number of carbonyl (C=O) groups excluding carboxylic acids is 1. The van der Waals surface area contributed by atoms with Gasteiger partial charge in [-0.25, -0.2) is 11.4 Å². The van der Waals surface area contributed by atoms with Gasteiger partial charge in [0.15, 0.2) is 0 Å². The number of para-hydroxylation sites is 1. The second-order valence-corrected chi connectivity index (χ2v) is 3.66. The standard InChI is InChI=1S/C8H7N.C7H8N2O/c1-9-7-8-5-3-2-4-6-8;8-7(10)9-6-4-2-1-3-5-6/h2-6H,7H2;1-5H,(H3,8,9,10). The molecule has 4 heteroatoms. The van der Waals surface area contributed by atoms with Crippen LogP contribution in [-0.4, -0.2) is 6.03 Å². The zero-order valence-corrected chi connectivity index (χ0v) is 10.4. The molecular weight excluding hydrogens is 238 g/mol. The van der Waals surface area contributed by atoms with E-state index < -0.39 is 6.03 Å². The molecule has 0 saturated heterocycles. The summed E-state index contributed by atoms with van der Waals surface area (Å²) in [5.74, 6) is 0. The second-order valence-electron chi connectivity index (χ2n) is 3.66. The number of carbonyl (C=O) groups is 1. The monoisotopic (exact) mass is 253 g/mol. The van der Waals surface area contributed by atoms with Crippen LogP contribution in [0.1, 0.15) is 5.56 Å². The largest absolute Gasteiger partial charge is 0.351 e. The summed E-state index contributed by atoms with van der Waals surface area (Å²) in [5, 5.41) is 2.44. The van der Waals surface area contributed by atoms with Crippen molar-refractivity contribution in [1.82, 2.24) is 0 Å². The van der Waals surface area contributed by atoms with Crippen LogP contribution in [0.25, 0.3) is 4.85 Å². The zero-order valence-electron chi connectivity index (χ0n) is 10.4. The Bertz CT molecular complexity index is 532. The highest BCUT2D eigenvalue weighted by molar-refractivity contribution is 5.87. The van der Waals surface area contributed by atoms with Crippen LogP contribution in [-0.2, 0) is 6.54 Å². The molecule has 0 bridgehead atoms. The first-order chi connectivity index (χ1) is 9.22. The lowest BCUT2D eigenvalue weighted by Crippen LogP contribution is -2.18. The van der Waals surface area contributed by atoms with Crippen molar-refractivity contribution in [3.8, 4) is 0 Å². The van der Waals surface area contributed by atoms with Gasteiger partial charge in [-0.3, -0.25) is 0 Å². The maximum Gasteiger partial charge on any atom is 0.316 e. The van der Waals surface area contributed by atoms with Gasteiger partial charge in [-0.15, -0.1) is 0 Å². The molecule has 0 unspecified atom stereocenters. The molecule has 2 amide bonds. The third kappa shape index (κ3) is 6.49. The molecule has 0 aromatic heterocycles. The van der Waals surface area contributed by atoms with Crippen LogP contribution in [0, 0.1) is 6.57 Å². The average molecular weight is 253 g/mol. The molecule has 0 saturated carbocycles. The van der Waals surface area contributed by atoms with E-state index in [0.717, 1.165) is 11.3 Å². The summed E-state index contributed by atoms with van der Waals surface area (Å²) in [4.78, 5) is 13.5. The maximum atomic E-state index is 10.3. The Morgan fingerprint density at radius 1 is 1.05 bits per heavy atom. The van der Waals surface area contributed by atoms with Gasteiger partial charge in [0.2, 0.25) is 6.54 Å². The minimum atomic E-state index is -0.536. The first-order valence-corrected chi connectivity index (χ1v) is 5.71. The highest BCUT2D eigenvalue weighted by Crippen LogP contribution is 2.03. The van der Waals surface area contributed by atoms with Gasteiger partial charge in [-0.05, 0) is 12.1 Å². The van der Waals surface area contributed by atoms with Gasteiger partial charge >= 0.3 is 6.03 Å². The molecule has 0 aliphatic rings. The Labute approximate surface area is 112 Å². The molecule has 0 fully saturated rings. The van der Waals surface area contributed by atoms with Crippen LogP contribution < -0.4 is 11.1 Å². The van der Waals surface area contributed by atoms with Crippen LogP contribution in [0.3, 0.4) is 0 Å². The topological polar surface area (TPSA) is 59.5 Å². The summed E-state index contributed by atoms with van der Waals surface area (Å²) in [6.45, 7) is 7.07. The van der Waals surface area contributed by atoms with Gasteiger partial charge in [0.05, 0.1) is 0 Å². The molecule has 19 heavy (non-hydrogen) atoms. The normalized spacial score (nSPS) is 8.58. The number of nitrogens with two attached hydrogens (primary N) is 1. The Morgan fingerprint density at radius 2 is 1.58 bits per heavy atom. The lowest BCUT2D eigenvalue weighted by atomic mass is 10.2. The number of benzene rings is 2. The molecule has 3 N–H and O–H groups in total. The quantitative estimate of drug-likeness (QED) is 0.793. The van der Waals surface area contributed by atoms with E-state index in [9.17, 15) is 4.79 Å². The summed E-state index contributed by atoms with van der Waals surface area (Å²) in [5.41, 5.74) is 6.68. The number of hydrogen-bond donors (Lipinski definition) is 2. The molecule has 0 aliphatic heterocycles. The van der Waals surface area contributed by atoms with E-state index in [1.807, 2.05) is 48.5 Å². The van der Waals surface area contributed by atoms with Crippen molar-refractivity contribution in [3.05, 3.63) is 77.6 Å². The number of rotatable bonds is 2. The highest BCUT2D eigenvalue weighted by atomic mass is 16.2. The van der Waals surface area contributed by atoms with Crippen molar-refractivity contribution in [1.29, 1.82) is 0 Å². The van der Waals surface area contributed by atoms with E-state index in [-0.39, 0.29) is 0 Å². The van der Waals surface area contributed by atoms with Crippen molar-refractivity contribution in [3.63, 3.8) is 0 Å². The zero-order chi connectivity index (χ0) is 13.9. The van der Waals surface area contributed by atoms with E-state index in [1.165, 1.54) is 0 Å². The minimum absolute atomic E-state index is 0.501. The molecule has 4 nitrogen and oxygen atoms in total. The van der Waals surface area contributed by atoms with Crippen LogP contribution in [0.4, 0.5) is 10.5 Å². The Balaban J connectivity index is 0.000000191. The fraction of sp³-hybridized carbons (Fsp3) is 0.0667. The van der Waals surface area contributed by atoms with Crippen LogP contribution in [0.2, 0.25) is 0 Å². The van der Waals surface area contributed by atoms with Crippen molar-refractivity contribution in [2.24, 2.45) is 5.73 Å². The molecule has 0 atom stereocenters. The number of nitrogens with one attached hydrogen (secondary N) is 1. The molecule has 0 radical (unpaired) electrons. The fourth-order valence-corrected chi connectivity index (χ4v) is 1.34. The fourth-order valence-electron chi connectivity index (χ4n) is 1.34. The number of hydrogen-bond acceptors (Lipinski definition) is 1. The molecule has 2 aromatic rings. The van der Waals surface area contributed by atoms with Gasteiger partial charge in [0, 0.05) is 11.3 Å². The molecule has 2 rings (SSSR count). The number of amides is 2. The summed E-state index contributed by atoms with van der Waals surface area (Å²) in [7, 11) is 0. The van der Waals surface area contributed by atoms with Gasteiger partial charge in [-0.2, -0.15) is 0 Å². The van der Waals surface area contributed by atoms with E-state index in [1.54, 1.807) is 12.1 Å². The van der Waals surface area contributed by atoms with E-state index in [0.29, 0.717) is 6.54 Å². The Morgan fingerprint density at radius 3 is 2.05 bits per heavy atom. The predicted molar refractivity (Wildman–Crippen MR) is 76.4 cm³/mol. The van der Waals surface area contributed by atoms with Gasteiger partial charge in [0.25, 0.3) is 0 Å². The molecular formula is C15H15N3O. The summed E-state index contributed by atoms with van der Waals surface area (Å²) in [6.07, 6.45) is 0. The van der Waals surface area contributed by atoms with Crippen LogP contribution in [0.5, 0.6) is 0 Å². The van der Waals surface area contributed by atoms with E-state index in [4.69, 9.17) is 12.3 Å². The lowest BCUT2D eigenvalue weighted by Gasteiger charge is -1.97. The highest BCUT2D eigenvalue weighted by Gasteiger charge is 1.90. The van der Waals surface area contributed by atoms with Gasteiger partial charge in [-0.1, -0.05) is 48.5 Å². The number of urea groups is 1. The van der Waals surface area contributed by atoms with Crippen molar-refractivity contribution >= 4 is 11.7 Å². The predicted octanol–water partition coefficient (Wildman–Crippen LogP) is 3.28. The minimum Gasteiger partial charge on any atom is -0.351 e. The first kappa shape index (κ1) is 14.3. The summed E-state index contributed by atoms with van der Waals surface area (Å²) in [6, 6.07) is 18.3. The van der Waals surface area contributed by atoms with E-state index >= 15 is 0 Å². The summed E-state index contributed by atoms with van der Waals surface area (Å²) >= 11 is 0. The molecule has 96 valence electrons. The molecule has 0 heterocycles. The molecule has 2 aromatic carbocycles. The average Bonchev–Trinajstić information content (AvgIpc) is 2.41. The second kappa shape index (κ2) is 8.31. The van der Waals surface area contributed by atoms with Crippen molar-refractivity contribution in [2.45, 2.75) is 6.54 Å². The molecule has 0 spiro atoms. The number of nitrogens with zero attached hydrogens (tertiary/aromatic N) is 1. The SMILES string of the molecule is NC(=O)Nc1ccccc1.[C-]#[N+]Cc1ccccc1. The Kier molecular flexibility index (Phi) is 6.24. The lowest BCUT2D eigenvalue weighted by molar-refractivity contribution is 0.259. The van der Waals surface area contributed by atoms with Crippen LogP contribution >= 0.6 is 0 Å². The van der Waals surface area contributed by atoms with Gasteiger partial charge < -0.3 is 15.9 Å². The smallest absolute Gasteiger partial charge is 0.316 e. The van der Waals surface area contributed by atoms with Crippen LogP contribution in [0.15, 0.2) is 60.7 Å². The Hall–Kier alpha value is -2.80. The third-order valence-corrected chi connectivity index (χ3v) is 2.15. The van der Waals surface area contributed by atoms with Crippen molar-refractivity contribution < 1.29 is 4.79 Å². The maximum absolute atomic E-state index is 10.3. The van der Waals surface area contributed by atoms with Gasteiger partial charge in [0.1, 0.15) is 0 Å². The molecule has 0 aliphatic carbocycles.